The van der Waals surface area contributed by atoms with Crippen LogP contribution in [0.2, 0.25) is 0 Å². The highest BCUT2D eigenvalue weighted by molar-refractivity contribution is 5.94. The monoisotopic (exact) mass is 369 g/mol. The molecular formula is C19H20FN5O2. The molecule has 2 aromatic carbocycles. The number of rotatable bonds is 7. The zero-order valence-corrected chi connectivity index (χ0v) is 15.1. The quantitative estimate of drug-likeness (QED) is 0.692. The molecule has 3 rings (SSSR count). The second kappa shape index (κ2) is 8.39. The lowest BCUT2D eigenvalue weighted by Crippen LogP contribution is -2.23. The maximum atomic E-state index is 13.6. The zero-order chi connectivity index (χ0) is 19.2. The topological polar surface area (TPSA) is 81.9 Å². The van der Waals surface area contributed by atoms with E-state index in [9.17, 15) is 9.18 Å². The molecule has 8 heteroatoms. The van der Waals surface area contributed by atoms with Crippen molar-refractivity contribution in [1.29, 1.82) is 0 Å². The minimum atomic E-state index is -0.342. The third-order valence-corrected chi connectivity index (χ3v) is 3.93. The van der Waals surface area contributed by atoms with Crippen molar-refractivity contribution in [2.45, 2.75) is 33.0 Å². The molecule has 7 nitrogen and oxygen atoms in total. The van der Waals surface area contributed by atoms with E-state index < -0.39 is 0 Å². The first-order valence-corrected chi connectivity index (χ1v) is 8.56. The Kier molecular flexibility index (Phi) is 5.75. The number of hydrogen-bond acceptors (Lipinski definition) is 5. The highest BCUT2D eigenvalue weighted by Gasteiger charge is 2.11. The maximum Gasteiger partial charge on any atom is 0.251 e. The second-order valence-electron chi connectivity index (χ2n) is 6.22. The normalized spacial score (nSPS) is 10.8. The van der Waals surface area contributed by atoms with Gasteiger partial charge in [0, 0.05) is 17.7 Å². The summed E-state index contributed by atoms with van der Waals surface area (Å²) < 4.78 is 21.0. The van der Waals surface area contributed by atoms with Gasteiger partial charge in [-0.3, -0.25) is 4.79 Å². The molecule has 1 heterocycles. The van der Waals surface area contributed by atoms with Gasteiger partial charge in [-0.05, 0) is 54.6 Å². The molecule has 0 saturated carbocycles. The molecule has 0 bridgehead atoms. The van der Waals surface area contributed by atoms with Crippen molar-refractivity contribution in [2.75, 3.05) is 0 Å². The van der Waals surface area contributed by atoms with E-state index in [4.69, 9.17) is 4.74 Å². The molecule has 1 amide bonds. The lowest BCUT2D eigenvalue weighted by Gasteiger charge is -2.10. The molecule has 1 aromatic heterocycles. The Bertz CT molecular complexity index is 908. The fourth-order valence-corrected chi connectivity index (χ4v) is 2.48. The van der Waals surface area contributed by atoms with Crippen molar-refractivity contribution in [3.8, 4) is 5.75 Å². The van der Waals surface area contributed by atoms with Gasteiger partial charge in [0.2, 0.25) is 0 Å². The molecule has 3 aromatic rings. The molecule has 0 unspecified atom stereocenters. The summed E-state index contributed by atoms with van der Waals surface area (Å²) in [5.41, 5.74) is 0.902. The molecule has 27 heavy (non-hydrogen) atoms. The third kappa shape index (κ3) is 4.66. The first kappa shape index (κ1) is 18.5. The Morgan fingerprint density at radius 3 is 2.63 bits per heavy atom. The second-order valence-corrected chi connectivity index (χ2v) is 6.22. The molecule has 0 atom stereocenters. The molecule has 0 fully saturated rings. The fraction of sp³-hybridized carbons (Fsp3) is 0.263. The number of benzene rings is 2. The van der Waals surface area contributed by atoms with Gasteiger partial charge in [-0.15, -0.1) is 5.10 Å². The predicted octanol–water partition coefficient (Wildman–Crippen LogP) is 2.90. The third-order valence-electron chi connectivity index (χ3n) is 3.93. The van der Waals surface area contributed by atoms with Gasteiger partial charge < -0.3 is 10.1 Å². The molecule has 0 aliphatic carbocycles. The van der Waals surface area contributed by atoms with Crippen LogP contribution >= 0.6 is 0 Å². The lowest BCUT2D eigenvalue weighted by atomic mass is 10.2. The van der Waals surface area contributed by atoms with Crippen molar-refractivity contribution in [2.24, 2.45) is 0 Å². The number of aromatic nitrogens is 4. The van der Waals surface area contributed by atoms with Crippen molar-refractivity contribution < 1.29 is 13.9 Å². The number of nitrogens with one attached hydrogen (secondary N) is 1. The van der Waals surface area contributed by atoms with E-state index in [1.165, 1.54) is 6.07 Å². The summed E-state index contributed by atoms with van der Waals surface area (Å²) in [7, 11) is 0. The SMILES string of the molecule is CC(C)n1nnnc1COc1ccc(C(=O)NCc2ccccc2F)cc1. The number of tetrazole rings is 1. The number of ether oxygens (including phenoxy) is 1. The molecule has 0 aliphatic rings. The van der Waals surface area contributed by atoms with E-state index in [1.807, 2.05) is 13.8 Å². The van der Waals surface area contributed by atoms with Crippen molar-refractivity contribution in [3.63, 3.8) is 0 Å². The fourth-order valence-electron chi connectivity index (χ4n) is 2.48. The van der Waals surface area contributed by atoms with Crippen molar-refractivity contribution in [1.82, 2.24) is 25.5 Å². The van der Waals surface area contributed by atoms with Gasteiger partial charge in [0.05, 0.1) is 6.04 Å². The van der Waals surface area contributed by atoms with Crippen LogP contribution in [0, 0.1) is 5.82 Å². The Balaban J connectivity index is 1.55. The highest BCUT2D eigenvalue weighted by atomic mass is 19.1. The lowest BCUT2D eigenvalue weighted by molar-refractivity contribution is 0.0950. The molecule has 0 spiro atoms. The smallest absolute Gasteiger partial charge is 0.251 e. The maximum absolute atomic E-state index is 13.6. The predicted molar refractivity (Wildman–Crippen MR) is 96.5 cm³/mol. The molecule has 1 N–H and O–H groups in total. The van der Waals surface area contributed by atoms with Crippen LogP contribution in [-0.4, -0.2) is 26.1 Å². The Morgan fingerprint density at radius 2 is 1.93 bits per heavy atom. The molecule has 140 valence electrons. The summed E-state index contributed by atoms with van der Waals surface area (Å²) in [4.78, 5) is 12.2. The standard InChI is InChI=1S/C19H20FN5O2/c1-13(2)25-18(22-23-24-25)12-27-16-9-7-14(8-10-16)19(26)21-11-15-5-3-4-6-17(15)20/h3-10,13H,11-12H2,1-2H3,(H,21,26). The van der Waals surface area contributed by atoms with Gasteiger partial charge >= 0.3 is 0 Å². The molecule has 0 radical (unpaired) electrons. The minimum Gasteiger partial charge on any atom is -0.486 e. The Labute approximate surface area is 156 Å². The zero-order valence-electron chi connectivity index (χ0n) is 15.1. The van der Waals surface area contributed by atoms with Gasteiger partial charge in [-0.2, -0.15) is 0 Å². The summed E-state index contributed by atoms with van der Waals surface area (Å²) in [6, 6.07) is 13.2. The van der Waals surface area contributed by atoms with Crippen molar-refractivity contribution >= 4 is 5.91 Å². The van der Waals surface area contributed by atoms with Crippen LogP contribution in [0.4, 0.5) is 4.39 Å². The number of carbonyl (C=O) groups excluding carboxylic acids is 1. The number of carbonyl (C=O) groups is 1. The first-order chi connectivity index (χ1) is 13.0. The summed E-state index contributed by atoms with van der Waals surface area (Å²) in [5, 5.41) is 14.2. The van der Waals surface area contributed by atoms with Crippen LogP contribution in [0.1, 0.15) is 41.6 Å². The van der Waals surface area contributed by atoms with Crippen LogP contribution in [-0.2, 0) is 13.2 Å². The Hall–Kier alpha value is -3.29. The molecule has 0 saturated heterocycles. The highest BCUT2D eigenvalue weighted by Crippen LogP contribution is 2.15. The van der Waals surface area contributed by atoms with Crippen LogP contribution in [0.5, 0.6) is 5.75 Å². The van der Waals surface area contributed by atoms with E-state index in [-0.39, 0.29) is 30.9 Å². The van der Waals surface area contributed by atoms with E-state index in [1.54, 1.807) is 47.1 Å². The summed E-state index contributed by atoms with van der Waals surface area (Å²) >= 11 is 0. The first-order valence-electron chi connectivity index (χ1n) is 8.56. The van der Waals surface area contributed by atoms with E-state index in [0.717, 1.165) is 0 Å². The van der Waals surface area contributed by atoms with Crippen LogP contribution < -0.4 is 10.1 Å². The minimum absolute atomic E-state index is 0.127. The molecular weight excluding hydrogens is 349 g/mol. The van der Waals surface area contributed by atoms with Crippen LogP contribution in [0.25, 0.3) is 0 Å². The average Bonchev–Trinajstić information content (AvgIpc) is 3.15. The number of hydrogen-bond donors (Lipinski definition) is 1. The van der Waals surface area contributed by atoms with Crippen LogP contribution in [0.15, 0.2) is 48.5 Å². The van der Waals surface area contributed by atoms with E-state index >= 15 is 0 Å². The van der Waals surface area contributed by atoms with Gasteiger partial charge in [0.1, 0.15) is 18.2 Å². The number of halogens is 1. The van der Waals surface area contributed by atoms with Crippen molar-refractivity contribution in [3.05, 3.63) is 71.3 Å². The van der Waals surface area contributed by atoms with Gasteiger partial charge in [-0.1, -0.05) is 18.2 Å². The average molecular weight is 369 g/mol. The number of amides is 1. The molecule has 0 aliphatic heterocycles. The number of nitrogens with zero attached hydrogens (tertiary/aromatic N) is 4. The van der Waals surface area contributed by atoms with Crippen LogP contribution in [0.3, 0.4) is 0 Å². The summed E-state index contributed by atoms with van der Waals surface area (Å²) in [6.45, 7) is 4.31. The largest absolute Gasteiger partial charge is 0.486 e. The summed E-state index contributed by atoms with van der Waals surface area (Å²) in [6.07, 6.45) is 0. The van der Waals surface area contributed by atoms with Gasteiger partial charge in [0.15, 0.2) is 5.82 Å². The van der Waals surface area contributed by atoms with E-state index in [0.29, 0.717) is 22.7 Å². The van der Waals surface area contributed by atoms with E-state index in [2.05, 4.69) is 20.8 Å². The van der Waals surface area contributed by atoms with Gasteiger partial charge in [0.25, 0.3) is 5.91 Å². The Morgan fingerprint density at radius 1 is 1.19 bits per heavy atom. The summed E-state index contributed by atoms with van der Waals surface area (Å²) in [5.74, 6) is 0.592. The van der Waals surface area contributed by atoms with Gasteiger partial charge in [-0.25, -0.2) is 9.07 Å².